The monoisotopic (exact) mass is 308 g/mol. The number of nitrogens with one attached hydrogen (secondary N) is 1. The van der Waals surface area contributed by atoms with Gasteiger partial charge in [-0.2, -0.15) is 0 Å². The van der Waals surface area contributed by atoms with Crippen LogP contribution in [-0.4, -0.2) is 13.1 Å². The van der Waals surface area contributed by atoms with Crippen molar-refractivity contribution in [1.82, 2.24) is 0 Å². The van der Waals surface area contributed by atoms with E-state index in [1.165, 1.54) is 36.7 Å². The normalized spacial score (nSPS) is 21.8. The first-order valence-electron chi connectivity index (χ1n) is 8.49. The van der Waals surface area contributed by atoms with E-state index in [4.69, 9.17) is 4.42 Å². The van der Waals surface area contributed by atoms with Gasteiger partial charge in [0.15, 0.2) is 0 Å². The molecule has 0 aliphatic carbocycles. The molecule has 1 fully saturated rings. The minimum atomic E-state index is -0.243. The number of quaternary nitrogens is 1. The lowest BCUT2D eigenvalue weighted by Crippen LogP contribution is -3.12. The summed E-state index contributed by atoms with van der Waals surface area (Å²) in [6, 6.07) is 14.0. The second-order valence-corrected chi connectivity index (χ2v) is 6.88. The second-order valence-electron chi connectivity index (χ2n) is 6.88. The molecule has 0 saturated carbocycles. The highest BCUT2D eigenvalue weighted by molar-refractivity contribution is 6.06. The zero-order chi connectivity index (χ0) is 15.8. The number of hydrogen-bond donors (Lipinski definition) is 1. The average Bonchev–Trinajstić information content (AvgIpc) is 2.54. The summed E-state index contributed by atoms with van der Waals surface area (Å²) in [4.78, 5) is 13.5. The number of hydrogen-bond acceptors (Lipinski definition) is 2. The van der Waals surface area contributed by atoms with E-state index in [1.54, 1.807) is 11.0 Å². The fourth-order valence-electron chi connectivity index (χ4n) is 3.99. The molecule has 2 atom stereocenters. The molecule has 0 radical (unpaired) electrons. The van der Waals surface area contributed by atoms with Crippen molar-refractivity contribution >= 4 is 21.7 Å². The molecule has 23 heavy (non-hydrogen) atoms. The van der Waals surface area contributed by atoms with Gasteiger partial charge in [-0.05, 0) is 29.7 Å². The summed E-state index contributed by atoms with van der Waals surface area (Å²) in [6.45, 7) is 5.61. The van der Waals surface area contributed by atoms with Crippen LogP contribution in [0.1, 0.15) is 25.3 Å². The largest absolute Gasteiger partial charge is 0.423 e. The molecule has 1 aromatic heterocycles. The Morgan fingerprint density at radius 1 is 1.22 bits per heavy atom. The SMILES string of the molecule is C[C@@H]1CCC[NH+](Cc2cc(=O)oc3ccc4ccccc4c23)C1. The van der Waals surface area contributed by atoms with Crippen LogP contribution >= 0.6 is 0 Å². The molecular weight excluding hydrogens is 286 g/mol. The Morgan fingerprint density at radius 3 is 2.96 bits per heavy atom. The van der Waals surface area contributed by atoms with E-state index in [0.29, 0.717) is 5.58 Å². The third-order valence-corrected chi connectivity index (χ3v) is 5.02. The highest BCUT2D eigenvalue weighted by Gasteiger charge is 2.21. The van der Waals surface area contributed by atoms with Gasteiger partial charge in [-0.1, -0.05) is 37.3 Å². The maximum Gasteiger partial charge on any atom is 0.336 e. The first-order chi connectivity index (χ1) is 11.2. The molecule has 0 spiro atoms. The predicted molar refractivity (Wildman–Crippen MR) is 92.8 cm³/mol. The predicted octanol–water partition coefficient (Wildman–Crippen LogP) is 2.76. The fourth-order valence-corrected chi connectivity index (χ4v) is 3.99. The number of likely N-dealkylation sites (tertiary alicyclic amines) is 1. The average molecular weight is 308 g/mol. The smallest absolute Gasteiger partial charge is 0.336 e. The van der Waals surface area contributed by atoms with E-state index in [-0.39, 0.29) is 5.63 Å². The van der Waals surface area contributed by atoms with E-state index < -0.39 is 0 Å². The van der Waals surface area contributed by atoms with Crippen molar-refractivity contribution in [3.05, 3.63) is 58.4 Å². The number of rotatable bonds is 2. The topological polar surface area (TPSA) is 34.7 Å². The maximum absolute atomic E-state index is 12.0. The molecule has 2 aromatic carbocycles. The Morgan fingerprint density at radius 2 is 2.09 bits per heavy atom. The van der Waals surface area contributed by atoms with Crippen LogP contribution in [0.5, 0.6) is 0 Å². The Balaban J connectivity index is 1.87. The summed E-state index contributed by atoms with van der Waals surface area (Å²) in [5, 5.41) is 3.47. The second kappa shape index (κ2) is 5.82. The van der Waals surface area contributed by atoms with Crippen molar-refractivity contribution in [2.75, 3.05) is 13.1 Å². The van der Waals surface area contributed by atoms with Crippen molar-refractivity contribution in [2.45, 2.75) is 26.3 Å². The summed E-state index contributed by atoms with van der Waals surface area (Å²) < 4.78 is 5.46. The number of piperidine rings is 1. The van der Waals surface area contributed by atoms with Gasteiger partial charge in [-0.25, -0.2) is 4.79 Å². The van der Waals surface area contributed by atoms with Crippen LogP contribution in [0.2, 0.25) is 0 Å². The Bertz CT molecular complexity index is 912. The molecule has 1 saturated heterocycles. The van der Waals surface area contributed by atoms with E-state index in [0.717, 1.165) is 23.4 Å². The van der Waals surface area contributed by atoms with Crippen LogP contribution < -0.4 is 10.5 Å². The van der Waals surface area contributed by atoms with Crippen LogP contribution in [0, 0.1) is 5.92 Å². The Kier molecular flexibility index (Phi) is 3.66. The highest BCUT2D eigenvalue weighted by atomic mass is 16.4. The van der Waals surface area contributed by atoms with Gasteiger partial charge < -0.3 is 9.32 Å². The molecule has 4 rings (SSSR count). The molecule has 3 nitrogen and oxygen atoms in total. The van der Waals surface area contributed by atoms with Crippen LogP contribution in [0.25, 0.3) is 21.7 Å². The quantitative estimate of drug-likeness (QED) is 0.583. The molecule has 1 aliphatic heterocycles. The van der Waals surface area contributed by atoms with Gasteiger partial charge >= 0.3 is 5.63 Å². The summed E-state index contributed by atoms with van der Waals surface area (Å²) >= 11 is 0. The lowest BCUT2D eigenvalue weighted by Gasteiger charge is -2.28. The van der Waals surface area contributed by atoms with Crippen molar-refractivity contribution < 1.29 is 9.32 Å². The first-order valence-corrected chi connectivity index (χ1v) is 8.49. The molecule has 2 heterocycles. The molecular formula is C20H22NO2+. The number of fused-ring (bicyclic) bond motifs is 3. The molecule has 1 N–H and O–H groups in total. The summed E-state index contributed by atoms with van der Waals surface area (Å²) in [7, 11) is 0. The van der Waals surface area contributed by atoms with E-state index in [1.807, 2.05) is 24.3 Å². The first kappa shape index (κ1) is 14.5. The van der Waals surface area contributed by atoms with Crippen LogP contribution in [0.3, 0.4) is 0 Å². The summed E-state index contributed by atoms with van der Waals surface area (Å²) in [5.41, 5.74) is 1.58. The van der Waals surface area contributed by atoms with E-state index in [9.17, 15) is 4.79 Å². The van der Waals surface area contributed by atoms with E-state index in [2.05, 4.69) is 19.1 Å². The molecule has 1 aliphatic rings. The zero-order valence-electron chi connectivity index (χ0n) is 13.5. The standard InChI is InChI=1S/C20H21NO2/c1-14-5-4-10-21(12-14)13-16-11-19(22)23-18-9-8-15-6-2-3-7-17(15)20(16)18/h2-3,6-9,11,14H,4-5,10,12-13H2,1H3/p+1/t14-/m1/s1. The minimum Gasteiger partial charge on any atom is -0.423 e. The molecule has 3 heteroatoms. The van der Waals surface area contributed by atoms with Gasteiger partial charge in [0.1, 0.15) is 12.1 Å². The zero-order valence-corrected chi connectivity index (χ0v) is 13.5. The van der Waals surface area contributed by atoms with Crippen molar-refractivity contribution in [2.24, 2.45) is 5.92 Å². The molecule has 0 bridgehead atoms. The van der Waals surface area contributed by atoms with Gasteiger partial charge in [0.25, 0.3) is 0 Å². The highest BCUT2D eigenvalue weighted by Crippen LogP contribution is 2.27. The van der Waals surface area contributed by atoms with E-state index >= 15 is 0 Å². The molecule has 3 aromatic rings. The van der Waals surface area contributed by atoms with Crippen molar-refractivity contribution in [1.29, 1.82) is 0 Å². The summed E-state index contributed by atoms with van der Waals surface area (Å²) in [6.07, 6.45) is 2.60. The molecule has 118 valence electrons. The van der Waals surface area contributed by atoms with Crippen LogP contribution in [0.15, 0.2) is 51.7 Å². The van der Waals surface area contributed by atoms with Crippen LogP contribution in [-0.2, 0) is 6.54 Å². The van der Waals surface area contributed by atoms with Gasteiger partial charge in [0.2, 0.25) is 0 Å². The van der Waals surface area contributed by atoms with Crippen molar-refractivity contribution in [3.63, 3.8) is 0 Å². The number of benzene rings is 2. The van der Waals surface area contributed by atoms with Gasteiger partial charge in [0, 0.05) is 22.9 Å². The van der Waals surface area contributed by atoms with Crippen LogP contribution in [0.4, 0.5) is 0 Å². The Hall–Kier alpha value is -2.13. The minimum absolute atomic E-state index is 0.243. The third kappa shape index (κ3) is 2.77. The molecule has 0 amide bonds. The van der Waals surface area contributed by atoms with Gasteiger partial charge in [0.05, 0.1) is 13.1 Å². The fraction of sp³-hybridized carbons (Fsp3) is 0.350. The maximum atomic E-state index is 12.0. The van der Waals surface area contributed by atoms with Gasteiger partial charge in [-0.3, -0.25) is 0 Å². The van der Waals surface area contributed by atoms with Gasteiger partial charge in [-0.15, -0.1) is 0 Å². The third-order valence-electron chi connectivity index (χ3n) is 5.02. The summed E-state index contributed by atoms with van der Waals surface area (Å²) in [5.74, 6) is 0.766. The van der Waals surface area contributed by atoms with Crippen molar-refractivity contribution in [3.8, 4) is 0 Å². The lowest BCUT2D eigenvalue weighted by atomic mass is 9.98. The lowest BCUT2D eigenvalue weighted by molar-refractivity contribution is -0.922. The molecule has 1 unspecified atom stereocenters. The Labute approximate surface area is 135 Å².